The van der Waals surface area contributed by atoms with E-state index in [0.29, 0.717) is 23.4 Å². The Hall–Kier alpha value is -1.23. The van der Waals surface area contributed by atoms with Crippen LogP contribution in [0.15, 0.2) is 27.8 Å². The molecule has 2 aromatic heterocycles. The van der Waals surface area contributed by atoms with Crippen LogP contribution in [0.4, 0.5) is 0 Å². The molecule has 3 rings (SSSR count). The molecule has 1 aliphatic heterocycles. The fraction of sp³-hybridized carbons (Fsp3) is 0.588. The van der Waals surface area contributed by atoms with Crippen LogP contribution in [0.25, 0.3) is 11.6 Å². The number of nitrogens with zero attached hydrogens (tertiary/aromatic N) is 4. The number of hydrogen-bond acceptors (Lipinski definition) is 5. The maximum Gasteiger partial charge on any atom is 0.216 e. The molecule has 0 spiro atoms. The van der Waals surface area contributed by atoms with Crippen molar-refractivity contribution in [3.63, 3.8) is 0 Å². The van der Waals surface area contributed by atoms with Gasteiger partial charge in [0.05, 0.1) is 6.26 Å². The van der Waals surface area contributed by atoms with Gasteiger partial charge in [0.15, 0.2) is 11.7 Å². The van der Waals surface area contributed by atoms with Gasteiger partial charge in [-0.15, -0.1) is 24.0 Å². The Morgan fingerprint density at radius 2 is 2.38 bits per heavy atom. The van der Waals surface area contributed by atoms with Crippen molar-refractivity contribution >= 4 is 41.7 Å². The number of halogens is 1. The molecule has 144 valence electrons. The minimum absolute atomic E-state index is 0. The number of furan rings is 1. The molecule has 3 heterocycles. The summed E-state index contributed by atoms with van der Waals surface area (Å²) in [6.07, 6.45) is 3.55. The zero-order chi connectivity index (χ0) is 17.5. The summed E-state index contributed by atoms with van der Waals surface area (Å²) in [5.41, 5.74) is 0. The standard InChI is InChI=1S/C17H26N6OS.HI/c1-3-13-12-23(9-11-25-13)17(18-4-2)19-8-7-15-20-16(22-21-15)14-6-5-10-24-14;/h5-6,10,13H,3-4,7-9,11-12H2,1-2H3,(H,18,19)(H,20,21,22);1H. The highest BCUT2D eigenvalue weighted by atomic mass is 127. The number of aliphatic imine (C=N–C) groups is 1. The van der Waals surface area contributed by atoms with Crippen LogP contribution >= 0.6 is 35.7 Å². The van der Waals surface area contributed by atoms with E-state index >= 15 is 0 Å². The summed E-state index contributed by atoms with van der Waals surface area (Å²) in [6, 6.07) is 3.69. The fourth-order valence-electron chi connectivity index (χ4n) is 2.78. The van der Waals surface area contributed by atoms with Crippen LogP contribution in [0.2, 0.25) is 0 Å². The number of thioether (sulfide) groups is 1. The normalized spacial score (nSPS) is 17.8. The number of aromatic nitrogens is 3. The summed E-state index contributed by atoms with van der Waals surface area (Å²) in [5, 5.41) is 11.3. The minimum atomic E-state index is 0. The van der Waals surface area contributed by atoms with Gasteiger partial charge in [-0.1, -0.05) is 6.92 Å². The van der Waals surface area contributed by atoms with E-state index in [-0.39, 0.29) is 24.0 Å². The van der Waals surface area contributed by atoms with Crippen LogP contribution < -0.4 is 5.32 Å². The van der Waals surface area contributed by atoms with Gasteiger partial charge in [-0.25, -0.2) is 4.98 Å². The maximum atomic E-state index is 5.32. The lowest BCUT2D eigenvalue weighted by Gasteiger charge is -2.34. The van der Waals surface area contributed by atoms with Crippen molar-refractivity contribution < 1.29 is 4.42 Å². The molecule has 2 N–H and O–H groups in total. The number of aromatic amines is 1. The first-order valence-electron chi connectivity index (χ1n) is 8.90. The van der Waals surface area contributed by atoms with Gasteiger partial charge >= 0.3 is 0 Å². The molecule has 0 amide bonds. The lowest BCUT2D eigenvalue weighted by molar-refractivity contribution is 0.408. The van der Waals surface area contributed by atoms with Crippen LogP contribution in [-0.2, 0) is 6.42 Å². The van der Waals surface area contributed by atoms with Gasteiger partial charge in [-0.3, -0.25) is 10.1 Å². The molecular weight excluding hydrogens is 463 g/mol. The van der Waals surface area contributed by atoms with E-state index in [1.807, 2.05) is 12.1 Å². The van der Waals surface area contributed by atoms with E-state index in [2.05, 4.69) is 51.0 Å². The molecule has 1 aliphatic rings. The largest absolute Gasteiger partial charge is 0.461 e. The van der Waals surface area contributed by atoms with Crippen molar-refractivity contribution in [2.75, 3.05) is 31.9 Å². The van der Waals surface area contributed by atoms with Gasteiger partial charge in [0.2, 0.25) is 5.82 Å². The third-order valence-electron chi connectivity index (χ3n) is 4.11. The lowest BCUT2D eigenvalue weighted by atomic mass is 10.3. The first-order valence-corrected chi connectivity index (χ1v) is 9.95. The zero-order valence-electron chi connectivity index (χ0n) is 15.3. The monoisotopic (exact) mass is 490 g/mol. The van der Waals surface area contributed by atoms with Crippen LogP contribution in [-0.4, -0.2) is 63.2 Å². The summed E-state index contributed by atoms with van der Waals surface area (Å²) < 4.78 is 5.32. The van der Waals surface area contributed by atoms with Crippen molar-refractivity contribution in [1.82, 2.24) is 25.4 Å². The average Bonchev–Trinajstić information content (AvgIpc) is 3.32. The molecular formula is C17H27IN6OS. The highest BCUT2D eigenvalue weighted by Gasteiger charge is 2.21. The van der Waals surface area contributed by atoms with Crippen LogP contribution in [0.3, 0.4) is 0 Å². The average molecular weight is 490 g/mol. The van der Waals surface area contributed by atoms with Gasteiger partial charge in [0.1, 0.15) is 5.82 Å². The lowest BCUT2D eigenvalue weighted by Crippen LogP contribution is -2.48. The molecule has 0 aliphatic carbocycles. The summed E-state index contributed by atoms with van der Waals surface area (Å²) in [4.78, 5) is 11.6. The minimum Gasteiger partial charge on any atom is -0.461 e. The van der Waals surface area contributed by atoms with Gasteiger partial charge in [-0.2, -0.15) is 16.9 Å². The molecule has 2 aromatic rings. The second-order valence-electron chi connectivity index (χ2n) is 5.92. The number of rotatable bonds is 6. The predicted octanol–water partition coefficient (Wildman–Crippen LogP) is 3.02. The summed E-state index contributed by atoms with van der Waals surface area (Å²) in [6.45, 7) is 8.04. The number of nitrogens with one attached hydrogen (secondary N) is 2. The van der Waals surface area contributed by atoms with Gasteiger partial charge in [0, 0.05) is 43.6 Å². The van der Waals surface area contributed by atoms with E-state index < -0.39 is 0 Å². The molecule has 1 atom stereocenters. The quantitative estimate of drug-likeness (QED) is 0.368. The Kier molecular flexibility index (Phi) is 8.76. The zero-order valence-corrected chi connectivity index (χ0v) is 18.4. The Bertz CT molecular complexity index is 675. The molecule has 1 unspecified atom stereocenters. The van der Waals surface area contributed by atoms with E-state index in [1.54, 1.807) is 6.26 Å². The van der Waals surface area contributed by atoms with Crippen molar-refractivity contribution in [3.8, 4) is 11.6 Å². The SMILES string of the molecule is CCNC(=NCCc1nc(-c2ccco2)n[nH]1)N1CCSC(CC)C1.I. The van der Waals surface area contributed by atoms with Gasteiger partial charge in [0.25, 0.3) is 0 Å². The third-order valence-corrected chi connectivity index (χ3v) is 5.48. The van der Waals surface area contributed by atoms with Crippen molar-refractivity contribution in [3.05, 3.63) is 24.2 Å². The molecule has 0 aromatic carbocycles. The van der Waals surface area contributed by atoms with Crippen LogP contribution in [0.1, 0.15) is 26.1 Å². The molecule has 0 bridgehead atoms. The topological polar surface area (TPSA) is 82.3 Å². The molecule has 0 radical (unpaired) electrons. The van der Waals surface area contributed by atoms with Crippen LogP contribution in [0.5, 0.6) is 0 Å². The second kappa shape index (κ2) is 10.8. The number of guanidine groups is 1. The molecule has 26 heavy (non-hydrogen) atoms. The Morgan fingerprint density at radius 3 is 3.12 bits per heavy atom. The van der Waals surface area contributed by atoms with Crippen molar-refractivity contribution in [2.24, 2.45) is 4.99 Å². The Balaban J connectivity index is 0.00000243. The van der Waals surface area contributed by atoms with E-state index in [9.17, 15) is 0 Å². The molecule has 1 fully saturated rings. The first-order chi connectivity index (χ1) is 12.3. The van der Waals surface area contributed by atoms with Gasteiger partial charge < -0.3 is 14.6 Å². The summed E-state index contributed by atoms with van der Waals surface area (Å²) >= 11 is 2.07. The highest BCUT2D eigenvalue weighted by Crippen LogP contribution is 2.21. The molecule has 9 heteroatoms. The Morgan fingerprint density at radius 1 is 1.50 bits per heavy atom. The molecule has 0 saturated carbocycles. The third kappa shape index (κ3) is 5.63. The highest BCUT2D eigenvalue weighted by molar-refractivity contribution is 14.0. The molecule has 1 saturated heterocycles. The van der Waals surface area contributed by atoms with Crippen molar-refractivity contribution in [1.29, 1.82) is 0 Å². The Labute approximate surface area is 175 Å². The summed E-state index contributed by atoms with van der Waals surface area (Å²) in [7, 11) is 0. The van der Waals surface area contributed by atoms with E-state index in [0.717, 1.165) is 43.6 Å². The van der Waals surface area contributed by atoms with E-state index in [1.165, 1.54) is 6.42 Å². The maximum absolute atomic E-state index is 5.32. The predicted molar refractivity (Wildman–Crippen MR) is 117 cm³/mol. The van der Waals surface area contributed by atoms with Gasteiger partial charge in [-0.05, 0) is 25.5 Å². The van der Waals surface area contributed by atoms with Crippen molar-refractivity contribution in [2.45, 2.75) is 31.9 Å². The fourth-order valence-corrected chi connectivity index (χ4v) is 3.96. The first kappa shape index (κ1) is 21.1. The number of H-pyrrole nitrogens is 1. The van der Waals surface area contributed by atoms with E-state index in [4.69, 9.17) is 9.41 Å². The number of hydrogen-bond donors (Lipinski definition) is 2. The second-order valence-corrected chi connectivity index (χ2v) is 7.32. The summed E-state index contributed by atoms with van der Waals surface area (Å²) in [5.74, 6) is 4.27. The van der Waals surface area contributed by atoms with Crippen LogP contribution in [0, 0.1) is 0 Å². The smallest absolute Gasteiger partial charge is 0.216 e. The molecule has 7 nitrogen and oxygen atoms in total.